The Bertz CT molecular complexity index is 2520. The van der Waals surface area contributed by atoms with E-state index in [4.69, 9.17) is 46.9 Å². The van der Waals surface area contributed by atoms with Crippen LogP contribution in [0.15, 0.2) is 109 Å². The molecule has 5 heterocycles. The minimum atomic E-state index is -3.06. The Balaban J connectivity index is 0.806. The number of carbonyl (C=O) groups excluding carboxylic acids is 3. The zero-order valence-corrected chi connectivity index (χ0v) is 38.1. The number of pyridine rings is 1. The first kappa shape index (κ1) is 46.2. The number of aromatic amines is 1. The van der Waals surface area contributed by atoms with Gasteiger partial charge in [-0.05, 0) is 109 Å². The van der Waals surface area contributed by atoms with Gasteiger partial charge in [-0.2, -0.15) is 8.78 Å². The summed E-state index contributed by atoms with van der Waals surface area (Å²) in [4.78, 5) is 47.3. The van der Waals surface area contributed by atoms with Crippen molar-refractivity contribution in [2.45, 2.75) is 63.6 Å². The minimum Gasteiger partial charge on any atom is -0.489 e. The standard InChI is InChI=1S/C51H50Cl2F2N4O8/c52-41-24-56-25-42(53)40(41)23-44(36-15-16-43(66-50(54)55)45(22-36)64-30-31-9-10-31)65-49(61)38-26-59(27-38)48(60)35-13-11-32(12-14-35)29-63-39-8-4-7-37(21-39)47(34-5-2-1-3-6-34)57-51(62)67-46-28-58-19-17-33(46)18-20-58/h1-8,11-16,21-22,24-25,31,33,38,44,46-47,50H,9-10,17-20,23,26-30H2,(H,57,62)/p+1/t44-,46-,47-/m0/s1. The van der Waals surface area contributed by atoms with E-state index in [0.29, 0.717) is 50.9 Å². The second kappa shape index (κ2) is 20.9. The highest BCUT2D eigenvalue weighted by atomic mass is 35.5. The molecule has 67 heavy (non-hydrogen) atoms. The largest absolute Gasteiger partial charge is 0.489 e. The topological polar surface area (TPSA) is 130 Å². The van der Waals surface area contributed by atoms with E-state index in [-0.39, 0.29) is 49.6 Å². The van der Waals surface area contributed by atoms with Crippen LogP contribution < -0.4 is 24.5 Å². The van der Waals surface area contributed by atoms with E-state index in [2.05, 4.69) is 15.2 Å². The molecule has 4 saturated heterocycles. The fourth-order valence-electron chi connectivity index (χ4n) is 8.85. The number of benzene rings is 4. The Kier molecular flexibility index (Phi) is 14.4. The molecular formula is C51H51Cl2F2N4O8+. The molecule has 10 rings (SSSR count). The molecule has 5 fully saturated rings. The molecule has 2 amide bonds. The van der Waals surface area contributed by atoms with Gasteiger partial charge in [0.2, 0.25) is 0 Å². The van der Waals surface area contributed by atoms with Crippen LogP contribution in [-0.4, -0.2) is 79.8 Å². The lowest BCUT2D eigenvalue weighted by atomic mass is 9.86. The summed E-state index contributed by atoms with van der Waals surface area (Å²) in [5, 5.41) is 3.76. The number of nitrogens with zero attached hydrogens (tertiary/aromatic N) is 2. The first-order chi connectivity index (χ1) is 32.5. The van der Waals surface area contributed by atoms with Gasteiger partial charge in [0.05, 0.1) is 18.6 Å². The predicted octanol–water partition coefficient (Wildman–Crippen LogP) is 9.29. The van der Waals surface area contributed by atoms with Gasteiger partial charge in [-0.25, -0.2) is 9.78 Å². The van der Waals surface area contributed by atoms with Crippen LogP contribution >= 0.6 is 23.2 Å². The number of fused-ring (bicyclic) bond motifs is 3. The fraction of sp³-hybridized carbons (Fsp3) is 0.373. The number of esters is 1. The number of carbonyl (C=O) groups is 3. The number of rotatable bonds is 18. The number of likely N-dealkylation sites (tertiary alicyclic amines) is 1. The third-order valence-corrected chi connectivity index (χ3v) is 13.6. The molecule has 1 saturated carbocycles. The van der Waals surface area contributed by atoms with Crippen molar-refractivity contribution in [1.82, 2.24) is 15.1 Å². The van der Waals surface area contributed by atoms with Crippen molar-refractivity contribution in [3.05, 3.63) is 153 Å². The van der Waals surface area contributed by atoms with Crippen LogP contribution in [-0.2, 0) is 27.3 Å². The molecule has 0 spiro atoms. The van der Waals surface area contributed by atoms with E-state index in [9.17, 15) is 23.2 Å². The van der Waals surface area contributed by atoms with Crippen molar-refractivity contribution >= 4 is 41.2 Å². The van der Waals surface area contributed by atoms with Gasteiger partial charge in [0, 0.05) is 37.2 Å². The normalized spacial score (nSPS) is 19.8. The molecule has 1 aliphatic carbocycles. The van der Waals surface area contributed by atoms with Crippen LogP contribution in [0.25, 0.3) is 0 Å². The quantitative estimate of drug-likeness (QED) is 0.0855. The lowest BCUT2D eigenvalue weighted by Crippen LogP contribution is -2.53. The molecule has 0 unspecified atom stereocenters. The summed E-state index contributed by atoms with van der Waals surface area (Å²) in [7, 11) is 0. The molecule has 350 valence electrons. The Morgan fingerprint density at radius 1 is 0.776 bits per heavy atom. The fourth-order valence-corrected chi connectivity index (χ4v) is 9.38. The first-order valence-electron chi connectivity index (χ1n) is 22.6. The highest BCUT2D eigenvalue weighted by Crippen LogP contribution is 2.39. The Labute approximate surface area is 397 Å². The zero-order chi connectivity index (χ0) is 46.4. The average Bonchev–Trinajstić information content (AvgIpc) is 4.16. The van der Waals surface area contributed by atoms with E-state index < -0.39 is 36.7 Å². The molecule has 1 aromatic heterocycles. The van der Waals surface area contributed by atoms with Crippen LogP contribution in [0.4, 0.5) is 13.6 Å². The van der Waals surface area contributed by atoms with Gasteiger partial charge in [-0.3, -0.25) is 14.5 Å². The molecule has 2 bridgehead atoms. The Morgan fingerprint density at radius 3 is 2.19 bits per heavy atom. The monoisotopic (exact) mass is 955 g/mol. The number of nitrogens with one attached hydrogen (secondary N) is 2. The van der Waals surface area contributed by atoms with E-state index in [1.54, 1.807) is 29.4 Å². The molecular weight excluding hydrogens is 905 g/mol. The predicted molar refractivity (Wildman–Crippen MR) is 244 cm³/mol. The summed E-state index contributed by atoms with van der Waals surface area (Å²) in [5.41, 5.74) is 4.02. The van der Waals surface area contributed by atoms with E-state index in [1.165, 1.54) is 18.2 Å². The number of H-pyrrole nitrogens is 1. The highest BCUT2D eigenvalue weighted by molar-refractivity contribution is 6.35. The second-order valence-electron chi connectivity index (χ2n) is 17.6. The van der Waals surface area contributed by atoms with Crippen LogP contribution in [0, 0.1) is 17.8 Å². The number of piperidine rings is 3. The SMILES string of the molecule is O=C(N[C@@H](c1ccccc1)c1cccc(OCc2ccc(C(=O)N3CC(C(=O)O[C@@H](Cc4c(Cl)c[nH+]cc4Cl)c4ccc(OC(F)F)c(OCC5CC5)c4)C3)cc2)c1)O[C@H]1CN2CCC1CC2. The average molecular weight is 957 g/mol. The van der Waals surface area contributed by atoms with Crippen molar-refractivity contribution in [3.63, 3.8) is 0 Å². The third kappa shape index (κ3) is 11.6. The molecule has 0 radical (unpaired) electrons. The summed E-state index contributed by atoms with van der Waals surface area (Å²) >= 11 is 13.0. The number of hydrogen-bond donors (Lipinski definition) is 1. The molecule has 12 nitrogen and oxygen atoms in total. The third-order valence-electron chi connectivity index (χ3n) is 12.9. The van der Waals surface area contributed by atoms with Gasteiger partial charge in [0.25, 0.3) is 5.91 Å². The van der Waals surface area contributed by atoms with Crippen LogP contribution in [0.1, 0.15) is 76.0 Å². The highest BCUT2D eigenvalue weighted by Gasteiger charge is 2.39. The van der Waals surface area contributed by atoms with Crippen molar-refractivity contribution in [2.24, 2.45) is 17.8 Å². The maximum Gasteiger partial charge on any atom is 0.408 e. The number of amides is 2. The van der Waals surface area contributed by atoms with Crippen LogP contribution in [0.3, 0.4) is 0 Å². The van der Waals surface area contributed by atoms with Gasteiger partial charge in [0.15, 0.2) is 23.9 Å². The van der Waals surface area contributed by atoms with Gasteiger partial charge >= 0.3 is 18.7 Å². The van der Waals surface area contributed by atoms with Gasteiger partial charge in [0.1, 0.15) is 34.6 Å². The van der Waals surface area contributed by atoms with E-state index in [0.717, 1.165) is 62.0 Å². The maximum absolute atomic E-state index is 13.7. The van der Waals surface area contributed by atoms with Crippen LogP contribution in [0.5, 0.6) is 17.2 Å². The number of aromatic nitrogens is 1. The molecule has 3 atom stereocenters. The van der Waals surface area contributed by atoms with Crippen LogP contribution in [0.2, 0.25) is 10.0 Å². The van der Waals surface area contributed by atoms with Crippen molar-refractivity contribution < 1.29 is 51.8 Å². The molecule has 5 aromatic rings. The molecule has 5 aliphatic rings. The van der Waals surface area contributed by atoms with Crippen molar-refractivity contribution in [3.8, 4) is 17.2 Å². The molecule has 4 aromatic carbocycles. The number of alkyl halides is 2. The summed E-state index contributed by atoms with van der Waals surface area (Å²) < 4.78 is 55.5. The Hall–Kier alpha value is -5.96. The molecule has 16 heteroatoms. The minimum absolute atomic E-state index is 0.0771. The zero-order valence-electron chi connectivity index (χ0n) is 36.6. The first-order valence-corrected chi connectivity index (χ1v) is 23.4. The maximum atomic E-state index is 13.7. The van der Waals surface area contributed by atoms with Gasteiger partial charge in [-0.1, -0.05) is 83.9 Å². The number of halogens is 4. The Morgan fingerprint density at radius 2 is 1.51 bits per heavy atom. The summed E-state index contributed by atoms with van der Waals surface area (Å²) in [5.74, 6) is -0.0623. The number of alkyl carbamates (subject to hydrolysis) is 1. The van der Waals surface area contributed by atoms with Crippen molar-refractivity contribution in [1.29, 1.82) is 0 Å². The molecule has 2 N–H and O–H groups in total. The summed E-state index contributed by atoms with van der Waals surface area (Å²) in [6, 6.07) is 28.4. The number of ether oxygens (including phenoxy) is 5. The lowest BCUT2D eigenvalue weighted by molar-refractivity contribution is -0.377. The smallest absolute Gasteiger partial charge is 0.408 e. The van der Waals surface area contributed by atoms with Crippen molar-refractivity contribution in [2.75, 3.05) is 39.3 Å². The molecule has 4 aliphatic heterocycles. The summed E-state index contributed by atoms with van der Waals surface area (Å²) in [6.07, 6.45) is 5.77. The van der Waals surface area contributed by atoms with Gasteiger partial charge < -0.3 is 33.9 Å². The summed E-state index contributed by atoms with van der Waals surface area (Å²) in [6.45, 7) is 0.679. The van der Waals surface area contributed by atoms with E-state index in [1.807, 2.05) is 66.7 Å². The number of hydrogen-bond acceptors (Lipinski definition) is 9. The lowest BCUT2D eigenvalue weighted by Gasteiger charge is -2.43. The van der Waals surface area contributed by atoms with Gasteiger partial charge in [-0.15, -0.1) is 0 Å². The second-order valence-corrected chi connectivity index (χ2v) is 18.4. The van der Waals surface area contributed by atoms with E-state index >= 15 is 0 Å².